The molecule has 6 nitrogen and oxygen atoms in total. The average Bonchev–Trinajstić information content (AvgIpc) is 3.13. The van der Waals surface area contributed by atoms with Crippen LogP contribution in [0.1, 0.15) is 16.1 Å². The van der Waals surface area contributed by atoms with Crippen LogP contribution in [0, 0.1) is 6.92 Å². The van der Waals surface area contributed by atoms with E-state index in [9.17, 15) is 4.79 Å². The van der Waals surface area contributed by atoms with E-state index in [1.165, 1.54) is 0 Å². The molecule has 0 atom stereocenters. The number of anilines is 1. The van der Waals surface area contributed by atoms with Crippen LogP contribution in [0.25, 0.3) is 11.3 Å². The molecule has 0 spiro atoms. The fourth-order valence-corrected chi connectivity index (χ4v) is 2.55. The summed E-state index contributed by atoms with van der Waals surface area (Å²) >= 11 is 0. The Labute approximate surface area is 144 Å². The van der Waals surface area contributed by atoms with Crippen LogP contribution in [0.2, 0.25) is 0 Å². The molecule has 0 bridgehead atoms. The van der Waals surface area contributed by atoms with Crippen LogP contribution >= 0.6 is 0 Å². The molecule has 126 valence electrons. The van der Waals surface area contributed by atoms with Gasteiger partial charge in [-0.3, -0.25) is 4.79 Å². The highest BCUT2D eigenvalue weighted by Gasteiger charge is 2.17. The van der Waals surface area contributed by atoms with Crippen LogP contribution in [0.3, 0.4) is 0 Å². The third-order valence-corrected chi connectivity index (χ3v) is 3.88. The predicted molar refractivity (Wildman–Crippen MR) is 92.1 cm³/mol. The van der Waals surface area contributed by atoms with Crippen molar-refractivity contribution in [3.8, 4) is 22.8 Å². The second kappa shape index (κ2) is 6.32. The number of fused-ring (bicyclic) bond motifs is 1. The number of aromatic nitrogens is 1. The minimum Gasteiger partial charge on any atom is -0.486 e. The van der Waals surface area contributed by atoms with Gasteiger partial charge in [0.05, 0.1) is 0 Å². The van der Waals surface area contributed by atoms with Gasteiger partial charge in [0.1, 0.15) is 13.2 Å². The zero-order chi connectivity index (χ0) is 17.2. The lowest BCUT2D eigenvalue weighted by Crippen LogP contribution is -2.15. The zero-order valence-corrected chi connectivity index (χ0v) is 13.6. The highest BCUT2D eigenvalue weighted by molar-refractivity contribution is 6.03. The van der Waals surface area contributed by atoms with E-state index >= 15 is 0 Å². The summed E-state index contributed by atoms with van der Waals surface area (Å²) in [6, 6.07) is 14.6. The number of aryl methyl sites for hydroxylation is 1. The van der Waals surface area contributed by atoms with E-state index < -0.39 is 0 Å². The molecule has 0 radical (unpaired) electrons. The molecule has 6 heteroatoms. The Balaban J connectivity index is 1.53. The van der Waals surface area contributed by atoms with Crippen molar-refractivity contribution in [1.29, 1.82) is 0 Å². The van der Waals surface area contributed by atoms with Crippen molar-refractivity contribution in [2.75, 3.05) is 18.5 Å². The van der Waals surface area contributed by atoms with Crippen molar-refractivity contribution in [3.05, 3.63) is 59.8 Å². The van der Waals surface area contributed by atoms with Gasteiger partial charge in [-0.15, -0.1) is 0 Å². The summed E-state index contributed by atoms with van der Waals surface area (Å²) in [6.45, 7) is 3.04. The smallest absolute Gasteiger partial charge is 0.277 e. The number of ether oxygens (including phenoxy) is 2. The molecule has 1 aliphatic rings. The van der Waals surface area contributed by atoms with Gasteiger partial charge in [0.15, 0.2) is 23.0 Å². The van der Waals surface area contributed by atoms with Crippen LogP contribution in [0.5, 0.6) is 11.5 Å². The summed E-state index contributed by atoms with van der Waals surface area (Å²) in [5.41, 5.74) is 2.82. The van der Waals surface area contributed by atoms with Crippen LogP contribution in [-0.2, 0) is 0 Å². The summed E-state index contributed by atoms with van der Waals surface area (Å²) in [5, 5.41) is 6.65. The highest BCUT2D eigenvalue weighted by Crippen LogP contribution is 2.34. The molecule has 25 heavy (non-hydrogen) atoms. The van der Waals surface area contributed by atoms with Gasteiger partial charge in [0.2, 0.25) is 0 Å². The fourth-order valence-electron chi connectivity index (χ4n) is 2.55. The number of carbonyl (C=O) groups is 1. The SMILES string of the molecule is Cc1ccc(NC(=O)c2cc(-c3ccc4c(c3)OCCO4)on2)cc1. The maximum atomic E-state index is 12.3. The van der Waals surface area contributed by atoms with Crippen molar-refractivity contribution < 1.29 is 18.8 Å². The minimum atomic E-state index is -0.323. The fraction of sp³-hybridized carbons (Fsp3) is 0.158. The quantitative estimate of drug-likeness (QED) is 0.790. The molecule has 1 N–H and O–H groups in total. The summed E-state index contributed by atoms with van der Waals surface area (Å²) in [7, 11) is 0. The number of hydrogen-bond acceptors (Lipinski definition) is 5. The molecule has 0 fully saturated rings. The van der Waals surface area contributed by atoms with E-state index in [1.54, 1.807) is 6.07 Å². The van der Waals surface area contributed by atoms with E-state index in [-0.39, 0.29) is 11.6 Å². The summed E-state index contributed by atoms with van der Waals surface area (Å²) in [4.78, 5) is 12.3. The van der Waals surface area contributed by atoms with Crippen LogP contribution in [-0.4, -0.2) is 24.3 Å². The minimum absolute atomic E-state index is 0.213. The number of amides is 1. The van der Waals surface area contributed by atoms with Gasteiger partial charge in [-0.05, 0) is 37.3 Å². The molecule has 2 heterocycles. The monoisotopic (exact) mass is 336 g/mol. The molecule has 2 aromatic carbocycles. The van der Waals surface area contributed by atoms with E-state index in [0.717, 1.165) is 11.1 Å². The molecule has 0 saturated heterocycles. The highest BCUT2D eigenvalue weighted by atomic mass is 16.6. The van der Waals surface area contributed by atoms with Gasteiger partial charge in [-0.2, -0.15) is 0 Å². The first-order chi connectivity index (χ1) is 12.2. The predicted octanol–water partition coefficient (Wildman–Crippen LogP) is 3.67. The van der Waals surface area contributed by atoms with E-state index in [0.29, 0.717) is 36.2 Å². The third-order valence-electron chi connectivity index (χ3n) is 3.88. The number of carbonyl (C=O) groups excluding carboxylic acids is 1. The summed E-state index contributed by atoms with van der Waals surface area (Å²) in [6.07, 6.45) is 0. The normalized spacial score (nSPS) is 12.7. The lowest BCUT2D eigenvalue weighted by molar-refractivity contribution is 0.101. The standard InChI is InChI=1S/C19H16N2O4/c1-12-2-5-14(6-3-12)20-19(22)15-11-17(25-21-15)13-4-7-16-18(10-13)24-9-8-23-16/h2-7,10-11H,8-9H2,1H3,(H,20,22). The number of rotatable bonds is 3. The number of nitrogens with zero attached hydrogens (tertiary/aromatic N) is 1. The van der Waals surface area contributed by atoms with Crippen LogP contribution in [0.15, 0.2) is 53.1 Å². The largest absolute Gasteiger partial charge is 0.486 e. The Morgan fingerprint density at radius 2 is 1.76 bits per heavy atom. The van der Waals surface area contributed by atoms with E-state index in [2.05, 4.69) is 10.5 Å². The first-order valence-corrected chi connectivity index (χ1v) is 7.94. The number of benzene rings is 2. The van der Waals surface area contributed by atoms with Gasteiger partial charge in [-0.1, -0.05) is 22.9 Å². The summed E-state index contributed by atoms with van der Waals surface area (Å²) < 4.78 is 16.4. The van der Waals surface area contributed by atoms with Crippen molar-refractivity contribution in [2.24, 2.45) is 0 Å². The lowest BCUT2D eigenvalue weighted by atomic mass is 10.1. The average molecular weight is 336 g/mol. The Kier molecular flexibility index (Phi) is 3.85. The Morgan fingerprint density at radius 1 is 1.00 bits per heavy atom. The molecular formula is C19H16N2O4. The van der Waals surface area contributed by atoms with Gasteiger partial charge in [-0.25, -0.2) is 0 Å². The number of nitrogens with one attached hydrogen (secondary N) is 1. The topological polar surface area (TPSA) is 73.6 Å². The van der Waals surface area contributed by atoms with E-state index in [4.69, 9.17) is 14.0 Å². The third kappa shape index (κ3) is 3.19. The number of hydrogen-bond donors (Lipinski definition) is 1. The van der Waals surface area contributed by atoms with Gasteiger partial charge in [0, 0.05) is 17.3 Å². The molecule has 1 aromatic heterocycles. The van der Waals surface area contributed by atoms with Crippen molar-refractivity contribution >= 4 is 11.6 Å². The van der Waals surface area contributed by atoms with Crippen molar-refractivity contribution in [1.82, 2.24) is 5.16 Å². The van der Waals surface area contributed by atoms with Crippen LogP contribution < -0.4 is 14.8 Å². The summed E-state index contributed by atoms with van der Waals surface area (Å²) in [5.74, 6) is 1.53. The molecule has 3 aromatic rings. The molecule has 4 rings (SSSR count). The molecular weight excluding hydrogens is 320 g/mol. The maximum Gasteiger partial charge on any atom is 0.277 e. The van der Waals surface area contributed by atoms with Crippen LogP contribution in [0.4, 0.5) is 5.69 Å². The molecule has 0 unspecified atom stereocenters. The lowest BCUT2D eigenvalue weighted by Gasteiger charge is -2.18. The van der Waals surface area contributed by atoms with E-state index in [1.807, 2.05) is 49.4 Å². The second-order valence-corrected chi connectivity index (χ2v) is 5.75. The van der Waals surface area contributed by atoms with Gasteiger partial charge >= 0.3 is 0 Å². The Morgan fingerprint density at radius 3 is 2.56 bits per heavy atom. The molecule has 1 aliphatic heterocycles. The van der Waals surface area contributed by atoms with Crippen molar-refractivity contribution in [2.45, 2.75) is 6.92 Å². The molecule has 1 amide bonds. The second-order valence-electron chi connectivity index (χ2n) is 5.75. The zero-order valence-electron chi connectivity index (χ0n) is 13.6. The Bertz CT molecular complexity index is 915. The first-order valence-electron chi connectivity index (χ1n) is 7.94. The first kappa shape index (κ1) is 15.3. The maximum absolute atomic E-state index is 12.3. The molecule has 0 saturated carbocycles. The van der Waals surface area contributed by atoms with Crippen molar-refractivity contribution in [3.63, 3.8) is 0 Å². The van der Waals surface area contributed by atoms with Gasteiger partial charge < -0.3 is 19.3 Å². The van der Waals surface area contributed by atoms with Gasteiger partial charge in [0.25, 0.3) is 5.91 Å². The molecule has 0 aliphatic carbocycles. The Hall–Kier alpha value is -3.28.